The third-order valence-electron chi connectivity index (χ3n) is 7.96. The van der Waals surface area contributed by atoms with E-state index in [9.17, 15) is 16.1 Å². The van der Waals surface area contributed by atoms with E-state index in [0.717, 1.165) is 0 Å². The van der Waals surface area contributed by atoms with Crippen LogP contribution in [0, 0.1) is 40.4 Å². The topological polar surface area (TPSA) is 20.2 Å². The maximum absolute atomic E-state index is 10.5. The van der Waals surface area contributed by atoms with Crippen molar-refractivity contribution in [3.8, 4) is 0 Å². The summed E-state index contributed by atoms with van der Waals surface area (Å²) in [5, 5.41) is 10.5. The highest BCUT2D eigenvalue weighted by Crippen LogP contribution is 2.64. The van der Waals surface area contributed by atoms with Crippen LogP contribution in [-0.4, -0.2) is 11.2 Å². The van der Waals surface area contributed by atoms with Crippen molar-refractivity contribution in [3.63, 3.8) is 0 Å². The Morgan fingerprint density at radius 2 is 1.97 bits per heavy atom. The predicted molar refractivity (Wildman–Crippen MR) is 124 cm³/mol. The summed E-state index contributed by atoms with van der Waals surface area (Å²) in [5.74, 6) is -5.22. The maximum atomic E-state index is 10.5. The highest BCUT2D eigenvalue weighted by molar-refractivity contribution is 5.49. The number of hydrogen-bond acceptors (Lipinski definition) is 1. The first-order valence-electron chi connectivity index (χ1n) is 17.8. The van der Waals surface area contributed by atoms with Crippen molar-refractivity contribution in [2.24, 2.45) is 40.4 Å². The van der Waals surface area contributed by atoms with Crippen molar-refractivity contribution in [1.82, 2.24) is 0 Å². The molecule has 0 aromatic rings. The second-order valence-corrected chi connectivity index (χ2v) is 10.3. The third kappa shape index (κ3) is 3.58. The minimum Gasteiger partial charge on any atom is -0.393 e. The summed E-state index contributed by atoms with van der Waals surface area (Å²) in [6.07, 6.45) is -16.0. The molecule has 1 fully saturated rings. The van der Waals surface area contributed by atoms with E-state index in [1.54, 1.807) is 6.92 Å². The number of aliphatic hydroxyl groups excluding tert-OH is 1. The third-order valence-corrected chi connectivity index (χ3v) is 7.96. The van der Waals surface area contributed by atoms with E-state index in [1.807, 2.05) is 20.8 Å². The largest absolute Gasteiger partial charge is 0.393 e. The fraction of sp³-hybridized carbons (Fsp3) is 0.857. The van der Waals surface area contributed by atoms with Crippen LogP contribution in [0.25, 0.3) is 0 Å². The van der Waals surface area contributed by atoms with Crippen LogP contribution in [0.4, 0.5) is 0 Å². The fourth-order valence-corrected chi connectivity index (χ4v) is 5.25. The minimum absolute atomic E-state index is 0.0599. The summed E-state index contributed by atoms with van der Waals surface area (Å²) < 4.78 is 121. The molecule has 164 valence electrons. The van der Waals surface area contributed by atoms with Gasteiger partial charge in [0.25, 0.3) is 0 Å². The Balaban J connectivity index is 2.13. The molecule has 1 saturated carbocycles. The second-order valence-electron chi connectivity index (χ2n) is 10.3. The highest BCUT2D eigenvalue weighted by atomic mass is 16.3. The number of hydrogen-bond donors (Lipinski definition) is 1. The van der Waals surface area contributed by atoms with Gasteiger partial charge in [0.15, 0.2) is 0 Å². The molecule has 4 aliphatic carbocycles. The van der Waals surface area contributed by atoms with Gasteiger partial charge in [0, 0.05) is 16.4 Å². The van der Waals surface area contributed by atoms with E-state index in [-0.39, 0.29) is 18.8 Å². The summed E-state index contributed by atoms with van der Waals surface area (Å²) in [6.45, 7) is 10.4. The Hall–Kier alpha value is -0.560. The number of allylic oxidation sites excluding steroid dienone is 4. The lowest BCUT2D eigenvalue weighted by Gasteiger charge is -2.54. The first-order valence-corrected chi connectivity index (χ1v) is 11.3. The molecule has 4 rings (SSSR count). The van der Waals surface area contributed by atoms with Gasteiger partial charge in [-0.25, -0.2) is 0 Å². The fourth-order valence-electron chi connectivity index (χ4n) is 5.25. The Morgan fingerprint density at radius 1 is 1.21 bits per heavy atom. The quantitative estimate of drug-likeness (QED) is 0.491. The summed E-state index contributed by atoms with van der Waals surface area (Å²) in [4.78, 5) is 0. The molecule has 0 amide bonds. The Labute approximate surface area is 198 Å². The Morgan fingerprint density at radius 3 is 2.69 bits per heavy atom. The van der Waals surface area contributed by atoms with Crippen molar-refractivity contribution in [2.45, 2.75) is 112 Å². The van der Waals surface area contributed by atoms with Gasteiger partial charge in [0.2, 0.25) is 0 Å². The van der Waals surface area contributed by atoms with Gasteiger partial charge in [-0.15, -0.1) is 0 Å². The number of rotatable bonds is 5. The van der Waals surface area contributed by atoms with Crippen molar-refractivity contribution in [2.75, 3.05) is 0 Å². The van der Waals surface area contributed by atoms with Crippen LogP contribution in [0.5, 0.6) is 0 Å². The second kappa shape index (κ2) is 7.85. The van der Waals surface area contributed by atoms with E-state index >= 15 is 0 Å². The minimum atomic E-state index is -3.16. The van der Waals surface area contributed by atoms with Gasteiger partial charge in [0.1, 0.15) is 0 Å². The van der Waals surface area contributed by atoms with Crippen molar-refractivity contribution in [1.29, 1.82) is 0 Å². The van der Waals surface area contributed by atoms with Crippen LogP contribution in [0.1, 0.15) is 123 Å². The maximum Gasteiger partial charge on any atom is 0.0579 e. The molecule has 1 N–H and O–H groups in total. The SMILES string of the molecule is [2H]C1=C2C3=C(C([2H])([2H])C([2H])([2H])[C@]2(C)[C@@]([2H])([C@H](C)CC[C@@H](C)C(C)C)C1([2H])[2H])[C@@]1(C)CC[C@H](O)C[C@]1([2H])C([2H])([2H])C3([2H])[2H]. The molecule has 7 atom stereocenters. The van der Waals surface area contributed by atoms with E-state index in [1.165, 1.54) is 13.8 Å². The van der Waals surface area contributed by atoms with E-state index in [2.05, 4.69) is 0 Å². The van der Waals surface area contributed by atoms with E-state index < -0.39 is 95.7 Å². The monoisotopic (exact) mass is 411 g/mol. The standard InChI is InChI=1S/C28H46O/c1-18(2)19(3)7-8-20(4)24-11-12-25-23-10-9-21-17-22(29)13-15-27(21,5)26(23)14-16-28(24,25)6/h12,18-22,24,29H,7-11,13-17H2,1-6H3/t19-,20-,21+,22+,24-,27+,28-/m1/s1/i9D2,10D2,11D2,12D,14D2,16D2,21D,24D. The average Bonchev–Trinajstić information content (AvgIpc) is 2.97. The normalized spacial score (nSPS) is 62.2. The summed E-state index contributed by atoms with van der Waals surface area (Å²) in [5.41, 5.74) is -5.74. The smallest absolute Gasteiger partial charge is 0.0579 e. The van der Waals surface area contributed by atoms with Gasteiger partial charge in [0.05, 0.1) is 7.47 Å². The van der Waals surface area contributed by atoms with Crippen molar-refractivity contribution in [3.05, 3.63) is 22.8 Å². The molecule has 0 radical (unpaired) electrons. The van der Waals surface area contributed by atoms with E-state index in [4.69, 9.17) is 6.85 Å². The molecular weight excluding hydrogens is 352 g/mol. The van der Waals surface area contributed by atoms with Crippen LogP contribution in [0.2, 0.25) is 0 Å². The van der Waals surface area contributed by atoms with Crippen LogP contribution < -0.4 is 0 Å². The molecule has 0 aliphatic heterocycles. The molecule has 0 bridgehead atoms. The van der Waals surface area contributed by atoms with Crippen LogP contribution in [-0.2, 0) is 0 Å². The molecule has 0 heterocycles. The summed E-state index contributed by atoms with van der Waals surface area (Å²) in [7, 11) is 0. The zero-order valence-corrected chi connectivity index (χ0v) is 18.8. The molecule has 0 saturated heterocycles. The molecule has 1 heteroatoms. The van der Waals surface area contributed by atoms with E-state index in [0.29, 0.717) is 18.8 Å². The van der Waals surface area contributed by atoms with Gasteiger partial charge in [-0.2, -0.15) is 0 Å². The number of aliphatic hydroxyl groups is 1. The molecule has 0 unspecified atom stereocenters. The number of fused-ring (bicyclic) bond motifs is 4. The zero-order valence-electron chi connectivity index (χ0n) is 31.8. The molecule has 4 aliphatic rings. The molecule has 29 heavy (non-hydrogen) atoms. The molecule has 0 aromatic heterocycles. The van der Waals surface area contributed by atoms with Crippen LogP contribution >= 0.6 is 0 Å². The van der Waals surface area contributed by atoms with Gasteiger partial charge < -0.3 is 5.11 Å². The highest BCUT2D eigenvalue weighted by Gasteiger charge is 2.52. The van der Waals surface area contributed by atoms with Crippen LogP contribution in [0.3, 0.4) is 0 Å². The molecule has 1 nitrogen and oxygen atoms in total. The summed E-state index contributed by atoms with van der Waals surface area (Å²) in [6, 6.07) is -0.827. The molecule has 0 aromatic carbocycles. The molecular formula is C28H46O. The average molecular weight is 412 g/mol. The lowest BCUT2D eigenvalue weighted by atomic mass is 9.51. The molecule has 0 spiro atoms. The van der Waals surface area contributed by atoms with Gasteiger partial charge in [-0.3, -0.25) is 0 Å². The summed E-state index contributed by atoms with van der Waals surface area (Å²) >= 11 is 0. The van der Waals surface area contributed by atoms with Gasteiger partial charge >= 0.3 is 0 Å². The van der Waals surface area contributed by atoms with Gasteiger partial charge in [-0.05, 0) is 103 Å². The van der Waals surface area contributed by atoms with Crippen LogP contribution in [0.15, 0.2) is 22.8 Å². The Kier molecular flexibility index (Phi) is 2.93. The Bertz CT molecular complexity index is 1220. The first-order chi connectivity index (χ1) is 18.6. The predicted octanol–water partition coefficient (Wildman–Crippen LogP) is 7.70. The zero-order chi connectivity index (χ0) is 32.7. The first kappa shape index (κ1) is 10.8. The van der Waals surface area contributed by atoms with Crippen molar-refractivity contribution >= 4 is 0 Å². The lowest BCUT2D eigenvalue weighted by Crippen LogP contribution is -2.44. The lowest BCUT2D eigenvalue weighted by molar-refractivity contribution is 0.0225. The van der Waals surface area contributed by atoms with Crippen molar-refractivity contribution < 1.29 is 22.9 Å². The van der Waals surface area contributed by atoms with Gasteiger partial charge in [-0.1, -0.05) is 66.0 Å².